The van der Waals surface area contributed by atoms with Gasteiger partial charge in [-0.15, -0.1) is 0 Å². The maximum atomic E-state index is 12.5. The summed E-state index contributed by atoms with van der Waals surface area (Å²) in [5.74, 6) is 0.0536. The van der Waals surface area contributed by atoms with Gasteiger partial charge in [-0.3, -0.25) is 4.79 Å². The predicted molar refractivity (Wildman–Crippen MR) is 127 cm³/mol. The zero-order valence-corrected chi connectivity index (χ0v) is 19.6. The van der Waals surface area contributed by atoms with E-state index < -0.39 is 11.9 Å². The van der Waals surface area contributed by atoms with Gasteiger partial charge < -0.3 is 9.47 Å². The second kappa shape index (κ2) is 10.7. The summed E-state index contributed by atoms with van der Waals surface area (Å²) in [6, 6.07) is 17.9. The number of aryl methyl sites for hydroxylation is 3. The quantitative estimate of drug-likeness (QED) is 0.214. The lowest BCUT2D eigenvalue weighted by Crippen LogP contribution is -2.24. The Morgan fingerprint density at radius 2 is 1.81 bits per heavy atom. The number of ether oxygens (including phenoxy) is 2. The number of benzene rings is 3. The van der Waals surface area contributed by atoms with Crippen molar-refractivity contribution in [3.05, 3.63) is 93.0 Å². The molecular formula is C25H23BrN2O4. The van der Waals surface area contributed by atoms with Crippen molar-refractivity contribution >= 4 is 34.0 Å². The van der Waals surface area contributed by atoms with Crippen LogP contribution in [0.1, 0.15) is 32.6 Å². The van der Waals surface area contributed by atoms with Gasteiger partial charge in [0.1, 0.15) is 11.5 Å². The van der Waals surface area contributed by atoms with Gasteiger partial charge >= 0.3 is 5.97 Å². The Kier molecular flexibility index (Phi) is 7.78. The average molecular weight is 495 g/mol. The molecule has 0 aliphatic rings. The molecule has 0 spiro atoms. The van der Waals surface area contributed by atoms with Crippen LogP contribution in [0.4, 0.5) is 0 Å². The molecule has 32 heavy (non-hydrogen) atoms. The predicted octanol–water partition coefficient (Wildman–Crippen LogP) is 5.12. The fourth-order valence-electron chi connectivity index (χ4n) is 2.80. The smallest absolute Gasteiger partial charge is 0.343 e. The second-order valence-corrected chi connectivity index (χ2v) is 8.18. The fourth-order valence-corrected chi connectivity index (χ4v) is 3.18. The largest absolute Gasteiger partial charge is 0.484 e. The molecule has 3 aromatic carbocycles. The number of amides is 1. The lowest BCUT2D eigenvalue weighted by Gasteiger charge is -2.09. The Bertz CT molecular complexity index is 1170. The van der Waals surface area contributed by atoms with Crippen LogP contribution < -0.4 is 14.9 Å². The van der Waals surface area contributed by atoms with Crippen molar-refractivity contribution in [3.63, 3.8) is 0 Å². The molecule has 0 atom stereocenters. The summed E-state index contributed by atoms with van der Waals surface area (Å²) in [5, 5.41) is 3.96. The highest BCUT2D eigenvalue weighted by Gasteiger charge is 2.12. The van der Waals surface area contributed by atoms with E-state index in [-0.39, 0.29) is 6.61 Å². The first-order chi connectivity index (χ1) is 15.3. The maximum absolute atomic E-state index is 12.5. The molecule has 7 heteroatoms. The molecule has 164 valence electrons. The SMILES string of the molecule is Cc1cccc(C(=O)Oc2ccc(Br)cc2C=NNC(=O)COc2ccc(C)c(C)c2)c1. The van der Waals surface area contributed by atoms with Crippen LogP contribution in [-0.4, -0.2) is 24.7 Å². The van der Waals surface area contributed by atoms with Crippen molar-refractivity contribution in [1.82, 2.24) is 5.43 Å². The summed E-state index contributed by atoms with van der Waals surface area (Å²) in [7, 11) is 0. The van der Waals surface area contributed by atoms with Gasteiger partial charge in [-0.2, -0.15) is 5.10 Å². The van der Waals surface area contributed by atoms with Crippen LogP contribution in [-0.2, 0) is 4.79 Å². The molecule has 0 saturated carbocycles. The number of halogens is 1. The number of hydrogen-bond acceptors (Lipinski definition) is 5. The highest BCUT2D eigenvalue weighted by Crippen LogP contribution is 2.23. The molecule has 0 unspecified atom stereocenters. The molecule has 6 nitrogen and oxygen atoms in total. The van der Waals surface area contributed by atoms with E-state index in [0.717, 1.165) is 21.2 Å². The number of rotatable bonds is 7. The molecule has 3 aromatic rings. The lowest BCUT2D eigenvalue weighted by atomic mass is 10.1. The number of hydrogen-bond donors (Lipinski definition) is 1. The molecule has 0 aliphatic heterocycles. The van der Waals surface area contributed by atoms with Crippen molar-refractivity contribution < 1.29 is 19.1 Å². The molecule has 3 rings (SSSR count). The lowest BCUT2D eigenvalue weighted by molar-refractivity contribution is -0.123. The van der Waals surface area contributed by atoms with Crippen molar-refractivity contribution in [2.45, 2.75) is 20.8 Å². The Morgan fingerprint density at radius 3 is 2.56 bits per heavy atom. The molecule has 0 radical (unpaired) electrons. The number of carbonyl (C=O) groups excluding carboxylic acids is 2. The standard InChI is InChI=1S/C25H23BrN2O4/c1-16-5-4-6-19(11-16)25(30)32-23-10-8-21(26)13-20(23)14-27-28-24(29)15-31-22-9-7-17(2)18(3)12-22/h4-14H,15H2,1-3H3,(H,28,29). The van der Waals surface area contributed by atoms with E-state index >= 15 is 0 Å². The first-order valence-corrected chi connectivity index (χ1v) is 10.7. The third kappa shape index (κ3) is 6.52. The van der Waals surface area contributed by atoms with Crippen LogP contribution in [0.25, 0.3) is 0 Å². The van der Waals surface area contributed by atoms with Crippen LogP contribution in [0.15, 0.2) is 70.2 Å². The van der Waals surface area contributed by atoms with Gasteiger partial charge in [0.15, 0.2) is 6.61 Å². The Hall–Kier alpha value is -3.45. The summed E-state index contributed by atoms with van der Waals surface area (Å²) in [6.45, 7) is 5.72. The zero-order chi connectivity index (χ0) is 23.1. The van der Waals surface area contributed by atoms with Crippen LogP contribution in [0.2, 0.25) is 0 Å². The van der Waals surface area contributed by atoms with Gasteiger partial charge in [0.2, 0.25) is 0 Å². The third-order valence-electron chi connectivity index (χ3n) is 4.67. The molecule has 0 saturated heterocycles. The van der Waals surface area contributed by atoms with Gasteiger partial charge in [0.05, 0.1) is 11.8 Å². The van der Waals surface area contributed by atoms with E-state index in [2.05, 4.69) is 26.5 Å². The van der Waals surface area contributed by atoms with Gasteiger partial charge in [0, 0.05) is 10.0 Å². The van der Waals surface area contributed by atoms with Gasteiger partial charge in [0.25, 0.3) is 5.91 Å². The molecular weight excluding hydrogens is 472 g/mol. The summed E-state index contributed by atoms with van der Waals surface area (Å²) >= 11 is 3.39. The number of nitrogens with zero attached hydrogens (tertiary/aromatic N) is 1. The van der Waals surface area contributed by atoms with Gasteiger partial charge in [-0.05, 0) is 74.4 Å². The van der Waals surface area contributed by atoms with Gasteiger partial charge in [-0.1, -0.05) is 39.7 Å². The molecule has 1 N–H and O–H groups in total. The summed E-state index contributed by atoms with van der Waals surface area (Å²) in [5.41, 5.74) is 6.59. The molecule has 1 amide bonds. The summed E-state index contributed by atoms with van der Waals surface area (Å²) in [4.78, 5) is 24.5. The highest BCUT2D eigenvalue weighted by molar-refractivity contribution is 9.10. The van der Waals surface area contributed by atoms with Crippen LogP contribution in [0.5, 0.6) is 11.5 Å². The molecule has 0 aliphatic carbocycles. The minimum absolute atomic E-state index is 0.173. The maximum Gasteiger partial charge on any atom is 0.343 e. The first-order valence-electron chi connectivity index (χ1n) is 9.92. The summed E-state index contributed by atoms with van der Waals surface area (Å²) < 4.78 is 11.8. The van der Waals surface area contributed by atoms with E-state index in [1.807, 2.05) is 45.0 Å². The molecule has 0 fully saturated rings. The topological polar surface area (TPSA) is 77.0 Å². The number of nitrogens with one attached hydrogen (secondary N) is 1. The van der Waals surface area contributed by atoms with Crippen LogP contribution in [0.3, 0.4) is 0 Å². The van der Waals surface area contributed by atoms with Crippen molar-refractivity contribution in [3.8, 4) is 11.5 Å². The van der Waals surface area contributed by atoms with E-state index in [1.54, 1.807) is 36.4 Å². The molecule has 0 bridgehead atoms. The van der Waals surface area contributed by atoms with Crippen molar-refractivity contribution in [2.24, 2.45) is 5.10 Å². The second-order valence-electron chi connectivity index (χ2n) is 7.27. The minimum atomic E-state index is -0.475. The minimum Gasteiger partial charge on any atom is -0.484 e. The van der Waals surface area contributed by atoms with E-state index in [0.29, 0.717) is 22.6 Å². The third-order valence-corrected chi connectivity index (χ3v) is 5.16. The molecule has 0 aromatic heterocycles. The normalized spacial score (nSPS) is 10.8. The number of esters is 1. The highest BCUT2D eigenvalue weighted by atomic mass is 79.9. The summed E-state index contributed by atoms with van der Waals surface area (Å²) in [6.07, 6.45) is 1.41. The Morgan fingerprint density at radius 1 is 1.00 bits per heavy atom. The number of hydrazone groups is 1. The Balaban J connectivity index is 1.62. The van der Waals surface area contributed by atoms with Crippen molar-refractivity contribution in [2.75, 3.05) is 6.61 Å². The van der Waals surface area contributed by atoms with E-state index in [4.69, 9.17) is 9.47 Å². The molecule has 0 heterocycles. The first kappa shape index (κ1) is 23.2. The fraction of sp³-hybridized carbons (Fsp3) is 0.160. The van der Waals surface area contributed by atoms with Gasteiger partial charge in [-0.25, -0.2) is 10.2 Å². The van der Waals surface area contributed by atoms with Crippen LogP contribution >= 0.6 is 15.9 Å². The zero-order valence-electron chi connectivity index (χ0n) is 18.0. The average Bonchev–Trinajstić information content (AvgIpc) is 2.76. The Labute approximate surface area is 195 Å². The van der Waals surface area contributed by atoms with Crippen molar-refractivity contribution in [1.29, 1.82) is 0 Å². The van der Waals surface area contributed by atoms with E-state index in [9.17, 15) is 9.59 Å². The van der Waals surface area contributed by atoms with Crippen LogP contribution in [0, 0.1) is 20.8 Å². The monoisotopic (exact) mass is 494 g/mol. The van der Waals surface area contributed by atoms with E-state index in [1.165, 1.54) is 6.21 Å². The number of carbonyl (C=O) groups is 2.